The van der Waals surface area contributed by atoms with E-state index in [1.54, 1.807) is 89.2 Å². The summed E-state index contributed by atoms with van der Waals surface area (Å²) in [5.74, 6) is -4.24. The summed E-state index contributed by atoms with van der Waals surface area (Å²) in [7, 11) is 0. The van der Waals surface area contributed by atoms with E-state index in [9.17, 15) is 33.9 Å². The molecule has 3 aromatic carbocycles. The third-order valence-corrected chi connectivity index (χ3v) is 11.4. The van der Waals surface area contributed by atoms with Crippen molar-refractivity contribution in [1.29, 1.82) is 0 Å². The van der Waals surface area contributed by atoms with Gasteiger partial charge in [-0.05, 0) is 85.9 Å². The second-order valence-electron chi connectivity index (χ2n) is 18.3. The van der Waals surface area contributed by atoms with Crippen LogP contribution in [-0.4, -0.2) is 95.9 Å². The van der Waals surface area contributed by atoms with E-state index in [4.69, 9.17) is 28.4 Å². The molecule has 2 aliphatic heterocycles. The monoisotopic (exact) mass is 878 g/mol. The largest absolute Gasteiger partial charge is 0.462 e. The fraction of sp³-hybridized carbons (Fsp3) is 0.429. The second kappa shape index (κ2) is 18.9. The van der Waals surface area contributed by atoms with Gasteiger partial charge in [0.1, 0.15) is 30.5 Å². The molecule has 2 fully saturated rings. The van der Waals surface area contributed by atoms with Crippen LogP contribution in [0.15, 0.2) is 90.5 Å². The molecule has 2 saturated heterocycles. The lowest BCUT2D eigenvalue weighted by atomic mass is 9.90. The van der Waals surface area contributed by atoms with Gasteiger partial charge in [0.25, 0.3) is 5.91 Å². The van der Waals surface area contributed by atoms with Gasteiger partial charge in [-0.15, -0.1) is 0 Å². The SMILES string of the molecule is CC(C)(C)OC(=O)CCC(CO)NC(=O)c1cccc(CNC(=O)C2=CC3OC4(Cc5ccccc5C4)OC3C(OC(=O)c3ccc(C=CC(=O)OC4C(=O)OCC4(C)C)cc3)C2)c1. The van der Waals surface area contributed by atoms with E-state index in [0.29, 0.717) is 35.1 Å². The van der Waals surface area contributed by atoms with E-state index in [1.807, 2.05) is 24.3 Å². The Morgan fingerprint density at radius 2 is 1.62 bits per heavy atom. The Morgan fingerprint density at radius 3 is 2.28 bits per heavy atom. The topological polar surface area (TPSA) is 202 Å². The van der Waals surface area contributed by atoms with Crippen molar-refractivity contribution in [3.05, 3.63) is 124 Å². The van der Waals surface area contributed by atoms with Gasteiger partial charge in [0.2, 0.25) is 12.0 Å². The molecule has 2 heterocycles. The molecule has 3 aromatic rings. The summed E-state index contributed by atoms with van der Waals surface area (Å²) in [5, 5.41) is 15.6. The van der Waals surface area contributed by atoms with E-state index in [0.717, 1.165) is 11.1 Å². The molecule has 338 valence electrons. The Labute approximate surface area is 371 Å². The van der Waals surface area contributed by atoms with Crippen LogP contribution < -0.4 is 10.6 Å². The number of benzene rings is 3. The summed E-state index contributed by atoms with van der Waals surface area (Å²) in [5.41, 5.74) is 2.98. The van der Waals surface area contributed by atoms with E-state index < -0.39 is 83.0 Å². The Bertz CT molecular complexity index is 2320. The zero-order valence-corrected chi connectivity index (χ0v) is 36.6. The number of hydrogen-bond donors (Lipinski definition) is 3. The highest BCUT2D eigenvalue weighted by Gasteiger charge is 2.55. The number of carbonyl (C=O) groups is 6. The van der Waals surface area contributed by atoms with Crippen LogP contribution in [0.3, 0.4) is 0 Å². The molecular weight excluding hydrogens is 825 g/mol. The molecule has 0 saturated carbocycles. The van der Waals surface area contributed by atoms with Crippen LogP contribution in [0.5, 0.6) is 0 Å². The summed E-state index contributed by atoms with van der Waals surface area (Å²) in [6.07, 6.45) is 2.34. The molecule has 5 atom stereocenters. The quantitative estimate of drug-likeness (QED) is 0.113. The van der Waals surface area contributed by atoms with Gasteiger partial charge in [-0.25, -0.2) is 14.4 Å². The number of fused-ring (bicyclic) bond motifs is 2. The van der Waals surface area contributed by atoms with Gasteiger partial charge in [0.05, 0.1) is 18.2 Å². The third kappa shape index (κ3) is 11.1. The van der Waals surface area contributed by atoms with Crippen molar-refractivity contribution < 1.29 is 62.3 Å². The van der Waals surface area contributed by atoms with Crippen molar-refractivity contribution in [2.45, 2.75) is 115 Å². The summed E-state index contributed by atoms with van der Waals surface area (Å²) in [6, 6.07) is 20.3. The number of carbonyl (C=O) groups excluding carboxylic acids is 6. The molecule has 0 bridgehead atoms. The first-order valence-corrected chi connectivity index (χ1v) is 21.4. The average molecular weight is 879 g/mol. The zero-order chi connectivity index (χ0) is 45.8. The molecule has 64 heavy (non-hydrogen) atoms. The molecule has 2 aliphatic carbocycles. The van der Waals surface area contributed by atoms with Crippen molar-refractivity contribution in [2.75, 3.05) is 13.2 Å². The molecule has 5 unspecified atom stereocenters. The maximum atomic E-state index is 13.8. The smallest absolute Gasteiger partial charge is 0.348 e. The van der Waals surface area contributed by atoms with Crippen LogP contribution in [0.4, 0.5) is 0 Å². The zero-order valence-electron chi connectivity index (χ0n) is 36.6. The number of esters is 4. The first-order chi connectivity index (χ1) is 30.4. The Kier molecular flexibility index (Phi) is 13.5. The first kappa shape index (κ1) is 45.9. The molecule has 2 amide bonds. The molecule has 4 aliphatic rings. The predicted molar refractivity (Wildman–Crippen MR) is 230 cm³/mol. The lowest BCUT2D eigenvalue weighted by molar-refractivity contribution is -0.172. The van der Waals surface area contributed by atoms with Crippen LogP contribution in [-0.2, 0) is 67.0 Å². The fourth-order valence-electron chi connectivity index (χ4n) is 8.13. The summed E-state index contributed by atoms with van der Waals surface area (Å²) < 4.78 is 35.0. The van der Waals surface area contributed by atoms with E-state index in [2.05, 4.69) is 10.6 Å². The number of amides is 2. The number of hydrogen-bond acceptors (Lipinski definition) is 13. The summed E-state index contributed by atoms with van der Waals surface area (Å²) in [4.78, 5) is 77.4. The molecule has 0 aromatic heterocycles. The van der Waals surface area contributed by atoms with Crippen LogP contribution in [0.25, 0.3) is 6.08 Å². The third-order valence-electron chi connectivity index (χ3n) is 11.4. The number of nitrogens with one attached hydrogen (secondary N) is 2. The predicted octanol–water partition coefficient (Wildman–Crippen LogP) is 4.86. The van der Waals surface area contributed by atoms with E-state index >= 15 is 0 Å². The Morgan fingerprint density at radius 1 is 0.906 bits per heavy atom. The minimum Gasteiger partial charge on any atom is -0.462 e. The van der Waals surface area contributed by atoms with Crippen molar-refractivity contribution >= 4 is 41.8 Å². The van der Waals surface area contributed by atoms with Gasteiger partial charge in [-0.3, -0.25) is 14.4 Å². The highest BCUT2D eigenvalue weighted by molar-refractivity contribution is 5.96. The minimum atomic E-state index is -1.01. The van der Waals surface area contributed by atoms with E-state index in [1.165, 1.54) is 12.2 Å². The lowest BCUT2D eigenvalue weighted by Crippen LogP contribution is -2.43. The van der Waals surface area contributed by atoms with Gasteiger partial charge < -0.3 is 44.2 Å². The Hall–Kier alpha value is -6.16. The van der Waals surface area contributed by atoms with Crippen LogP contribution in [0, 0.1) is 5.41 Å². The number of cyclic esters (lactones) is 1. The van der Waals surface area contributed by atoms with E-state index in [-0.39, 0.29) is 44.6 Å². The average Bonchev–Trinajstić information content (AvgIpc) is 3.89. The second-order valence-corrected chi connectivity index (χ2v) is 18.3. The first-order valence-electron chi connectivity index (χ1n) is 21.4. The maximum Gasteiger partial charge on any atom is 0.348 e. The highest BCUT2D eigenvalue weighted by Crippen LogP contribution is 2.45. The molecule has 7 rings (SSSR count). The van der Waals surface area contributed by atoms with Gasteiger partial charge in [-0.2, -0.15) is 0 Å². The van der Waals surface area contributed by atoms with Crippen molar-refractivity contribution in [2.24, 2.45) is 5.41 Å². The normalized spacial score (nSPS) is 22.2. The number of ether oxygens (including phenoxy) is 6. The summed E-state index contributed by atoms with van der Waals surface area (Å²) >= 11 is 0. The standard InChI is InChI=1S/C49H54N2O13/c1-47(2,3)63-40(54)20-18-36(27-52)51-44(56)32-12-8-9-30(21-32)26-50-43(55)35-22-37(41-38(23-35)62-49(64-41)24-33-10-6-7-11-34(33)25-49)60-45(57)31-16-13-29(14-17-31)15-19-39(53)61-42-46(58)59-28-48(42,4)5/h6-17,19,21,23,36-38,41-42,52H,18,20,22,24-28H2,1-5H3,(H,50,55)(H,51,56). The van der Waals surface area contributed by atoms with Crippen molar-refractivity contribution in [1.82, 2.24) is 10.6 Å². The molecular formula is C49H54N2O13. The molecule has 15 nitrogen and oxygen atoms in total. The Balaban J connectivity index is 0.993. The van der Waals surface area contributed by atoms with Crippen LogP contribution in [0.2, 0.25) is 0 Å². The maximum absolute atomic E-state index is 13.8. The van der Waals surface area contributed by atoms with Crippen molar-refractivity contribution in [3.8, 4) is 0 Å². The van der Waals surface area contributed by atoms with Gasteiger partial charge in [0.15, 0.2) is 5.79 Å². The van der Waals surface area contributed by atoms with Gasteiger partial charge in [0, 0.05) is 54.9 Å². The van der Waals surface area contributed by atoms with Crippen LogP contribution >= 0.6 is 0 Å². The lowest BCUT2D eigenvalue weighted by Gasteiger charge is -2.30. The number of aliphatic hydroxyl groups is 1. The fourth-order valence-corrected chi connectivity index (χ4v) is 8.13. The molecule has 0 radical (unpaired) electrons. The van der Waals surface area contributed by atoms with Crippen molar-refractivity contribution in [3.63, 3.8) is 0 Å². The number of aliphatic hydroxyl groups excluding tert-OH is 1. The molecule has 15 heteroatoms. The summed E-state index contributed by atoms with van der Waals surface area (Å²) in [6.45, 7) is 8.69. The molecule has 3 N–H and O–H groups in total. The minimum absolute atomic E-state index is 0.0201. The van der Waals surface area contributed by atoms with Gasteiger partial charge in [-0.1, -0.05) is 62.4 Å². The van der Waals surface area contributed by atoms with Crippen LogP contribution in [0.1, 0.15) is 96.9 Å². The molecule has 1 spiro atoms. The number of rotatable bonds is 14. The highest BCUT2D eigenvalue weighted by atomic mass is 16.8. The van der Waals surface area contributed by atoms with Gasteiger partial charge >= 0.3 is 23.9 Å².